The molecule has 3 atom stereocenters. The molecule has 126 valence electrons. The number of amides is 2. The summed E-state index contributed by atoms with van der Waals surface area (Å²) in [6.07, 6.45) is -0.620. The van der Waals surface area contributed by atoms with Gasteiger partial charge in [0, 0.05) is 0 Å². The molecule has 2 amide bonds. The molecular formula is C13H23N3O6. The van der Waals surface area contributed by atoms with Gasteiger partial charge in [0.25, 0.3) is 0 Å². The van der Waals surface area contributed by atoms with Crippen molar-refractivity contribution in [3.05, 3.63) is 0 Å². The van der Waals surface area contributed by atoms with Crippen molar-refractivity contribution in [1.82, 2.24) is 10.6 Å². The number of rotatable bonds is 8. The lowest BCUT2D eigenvalue weighted by Crippen LogP contribution is -2.54. The first-order chi connectivity index (χ1) is 10.1. The van der Waals surface area contributed by atoms with Gasteiger partial charge < -0.3 is 26.2 Å². The molecule has 0 aliphatic rings. The highest BCUT2D eigenvalue weighted by molar-refractivity contribution is 5.92. The standard InChI is InChI=1S/C13H23N3O6/c1-6(2)10(14)12(20)15-7(3)11(19)16-8(5-9(17)18)13(21)22-4/h6-8,10H,5,14H2,1-4H3,(H,15,20)(H,16,19)(H,17,18)/t7-,8-,10-/m0/s1. The molecule has 9 nitrogen and oxygen atoms in total. The van der Waals surface area contributed by atoms with E-state index >= 15 is 0 Å². The minimum absolute atomic E-state index is 0.106. The van der Waals surface area contributed by atoms with E-state index in [1.807, 2.05) is 0 Å². The van der Waals surface area contributed by atoms with Gasteiger partial charge in [-0.05, 0) is 12.8 Å². The molecule has 0 saturated heterocycles. The van der Waals surface area contributed by atoms with Crippen LogP contribution in [0.5, 0.6) is 0 Å². The summed E-state index contributed by atoms with van der Waals surface area (Å²) >= 11 is 0. The summed E-state index contributed by atoms with van der Waals surface area (Å²) in [5.41, 5.74) is 5.65. The molecular weight excluding hydrogens is 294 g/mol. The topological polar surface area (TPSA) is 148 Å². The number of hydrogen-bond acceptors (Lipinski definition) is 6. The molecule has 0 fully saturated rings. The number of nitrogens with one attached hydrogen (secondary N) is 2. The predicted octanol–water partition coefficient (Wildman–Crippen LogP) is -1.39. The summed E-state index contributed by atoms with van der Waals surface area (Å²) in [5, 5.41) is 13.3. The summed E-state index contributed by atoms with van der Waals surface area (Å²) in [5.74, 6) is -3.47. The van der Waals surface area contributed by atoms with Crippen molar-refractivity contribution < 1.29 is 29.0 Å². The van der Waals surface area contributed by atoms with E-state index in [4.69, 9.17) is 10.8 Å². The van der Waals surface area contributed by atoms with Crippen molar-refractivity contribution >= 4 is 23.8 Å². The van der Waals surface area contributed by atoms with Crippen LogP contribution in [0.1, 0.15) is 27.2 Å². The average Bonchev–Trinajstić information content (AvgIpc) is 2.43. The van der Waals surface area contributed by atoms with Crippen molar-refractivity contribution in [1.29, 1.82) is 0 Å². The summed E-state index contributed by atoms with van der Waals surface area (Å²) in [6.45, 7) is 4.92. The maximum Gasteiger partial charge on any atom is 0.328 e. The number of nitrogens with two attached hydrogens (primary N) is 1. The molecule has 22 heavy (non-hydrogen) atoms. The van der Waals surface area contributed by atoms with Crippen LogP contribution in [-0.4, -0.2) is 54.1 Å². The third-order valence-electron chi connectivity index (χ3n) is 2.95. The molecule has 0 saturated carbocycles. The number of carbonyl (C=O) groups is 4. The fourth-order valence-corrected chi connectivity index (χ4v) is 1.48. The van der Waals surface area contributed by atoms with E-state index in [1.165, 1.54) is 6.92 Å². The molecule has 9 heteroatoms. The molecule has 0 rings (SSSR count). The van der Waals surface area contributed by atoms with Gasteiger partial charge in [-0.25, -0.2) is 4.79 Å². The van der Waals surface area contributed by atoms with E-state index in [2.05, 4.69) is 15.4 Å². The highest BCUT2D eigenvalue weighted by atomic mass is 16.5. The number of ether oxygens (including phenoxy) is 1. The molecule has 0 aromatic heterocycles. The van der Waals surface area contributed by atoms with Crippen LogP contribution in [0.25, 0.3) is 0 Å². The van der Waals surface area contributed by atoms with E-state index in [0.717, 1.165) is 7.11 Å². The number of carbonyl (C=O) groups excluding carboxylic acids is 3. The van der Waals surface area contributed by atoms with Crippen LogP contribution in [0.15, 0.2) is 0 Å². The van der Waals surface area contributed by atoms with Crippen LogP contribution in [-0.2, 0) is 23.9 Å². The van der Waals surface area contributed by atoms with Crippen LogP contribution in [0.2, 0.25) is 0 Å². The lowest BCUT2D eigenvalue weighted by molar-refractivity contribution is -0.149. The number of carboxylic acids is 1. The molecule has 5 N–H and O–H groups in total. The van der Waals surface area contributed by atoms with E-state index in [0.29, 0.717) is 0 Å². The molecule has 0 aliphatic heterocycles. The number of carboxylic acid groups (broad SMARTS) is 1. The van der Waals surface area contributed by atoms with Gasteiger partial charge >= 0.3 is 11.9 Å². The normalized spacial score (nSPS) is 14.6. The Kier molecular flexibility index (Phi) is 8.10. The van der Waals surface area contributed by atoms with Gasteiger partial charge in [0.1, 0.15) is 12.1 Å². The average molecular weight is 317 g/mol. The van der Waals surface area contributed by atoms with Crippen LogP contribution in [0.3, 0.4) is 0 Å². The predicted molar refractivity (Wildman–Crippen MR) is 76.6 cm³/mol. The van der Waals surface area contributed by atoms with Crippen molar-refractivity contribution in [2.45, 2.75) is 45.3 Å². The Bertz CT molecular complexity index is 437. The van der Waals surface area contributed by atoms with Gasteiger partial charge in [0.2, 0.25) is 11.8 Å². The van der Waals surface area contributed by atoms with E-state index < -0.39 is 48.3 Å². The molecule has 0 aliphatic carbocycles. The Morgan fingerprint density at radius 1 is 1.09 bits per heavy atom. The van der Waals surface area contributed by atoms with Gasteiger partial charge in [-0.15, -0.1) is 0 Å². The monoisotopic (exact) mass is 317 g/mol. The highest BCUT2D eigenvalue weighted by Gasteiger charge is 2.28. The summed E-state index contributed by atoms with van der Waals surface area (Å²) in [7, 11) is 1.08. The first kappa shape index (κ1) is 19.8. The SMILES string of the molecule is COC(=O)[C@H](CC(=O)O)NC(=O)[C@H](C)NC(=O)[C@@H](N)C(C)C. The second-order valence-corrected chi connectivity index (χ2v) is 5.18. The second kappa shape index (κ2) is 8.98. The first-order valence-electron chi connectivity index (χ1n) is 6.76. The van der Waals surface area contributed by atoms with Crippen LogP contribution in [0, 0.1) is 5.92 Å². The van der Waals surface area contributed by atoms with Crippen molar-refractivity contribution in [2.24, 2.45) is 11.7 Å². The lowest BCUT2D eigenvalue weighted by atomic mass is 10.0. The lowest BCUT2D eigenvalue weighted by Gasteiger charge is -2.21. The molecule has 0 aromatic rings. The van der Waals surface area contributed by atoms with E-state index in [1.54, 1.807) is 13.8 Å². The Morgan fingerprint density at radius 2 is 1.64 bits per heavy atom. The highest BCUT2D eigenvalue weighted by Crippen LogP contribution is 2.00. The van der Waals surface area contributed by atoms with Crippen LogP contribution >= 0.6 is 0 Å². The third kappa shape index (κ3) is 6.53. The largest absolute Gasteiger partial charge is 0.481 e. The fraction of sp³-hybridized carbons (Fsp3) is 0.692. The smallest absolute Gasteiger partial charge is 0.328 e. The fourth-order valence-electron chi connectivity index (χ4n) is 1.48. The number of esters is 1. The first-order valence-corrected chi connectivity index (χ1v) is 6.76. The molecule has 0 spiro atoms. The molecule has 0 aromatic carbocycles. The summed E-state index contributed by atoms with van der Waals surface area (Å²) in [6, 6.07) is -3.07. The van der Waals surface area contributed by atoms with E-state index in [9.17, 15) is 19.2 Å². The number of aliphatic carboxylic acids is 1. The van der Waals surface area contributed by atoms with E-state index in [-0.39, 0.29) is 5.92 Å². The minimum Gasteiger partial charge on any atom is -0.481 e. The number of methoxy groups -OCH3 is 1. The second-order valence-electron chi connectivity index (χ2n) is 5.18. The minimum atomic E-state index is -1.33. The van der Waals surface area contributed by atoms with Crippen molar-refractivity contribution in [3.63, 3.8) is 0 Å². The quantitative estimate of drug-likeness (QED) is 0.403. The van der Waals surface area contributed by atoms with Gasteiger partial charge in [0.15, 0.2) is 0 Å². The third-order valence-corrected chi connectivity index (χ3v) is 2.95. The molecule has 0 bridgehead atoms. The summed E-state index contributed by atoms with van der Waals surface area (Å²) < 4.78 is 4.42. The number of hydrogen-bond donors (Lipinski definition) is 4. The Labute approximate surface area is 128 Å². The van der Waals surface area contributed by atoms with Gasteiger partial charge in [0.05, 0.1) is 19.6 Å². The Morgan fingerprint density at radius 3 is 2.05 bits per heavy atom. The zero-order chi connectivity index (χ0) is 17.4. The van der Waals surface area contributed by atoms with Crippen LogP contribution < -0.4 is 16.4 Å². The Hall–Kier alpha value is -2.16. The zero-order valence-electron chi connectivity index (χ0n) is 13.1. The van der Waals surface area contributed by atoms with Gasteiger partial charge in [-0.3, -0.25) is 14.4 Å². The molecule has 0 unspecified atom stereocenters. The zero-order valence-corrected chi connectivity index (χ0v) is 13.1. The van der Waals surface area contributed by atoms with Crippen molar-refractivity contribution in [2.75, 3.05) is 7.11 Å². The maximum absolute atomic E-state index is 11.9. The molecule has 0 radical (unpaired) electrons. The maximum atomic E-state index is 11.9. The van der Waals surface area contributed by atoms with Gasteiger partial charge in [-0.2, -0.15) is 0 Å². The molecule has 0 heterocycles. The van der Waals surface area contributed by atoms with Crippen molar-refractivity contribution in [3.8, 4) is 0 Å². The Balaban J connectivity index is 4.69. The van der Waals surface area contributed by atoms with Crippen LogP contribution in [0.4, 0.5) is 0 Å². The van der Waals surface area contributed by atoms with Gasteiger partial charge in [-0.1, -0.05) is 13.8 Å². The summed E-state index contributed by atoms with van der Waals surface area (Å²) in [4.78, 5) is 45.8.